The molecule has 0 bridgehead atoms. The third-order valence-corrected chi connectivity index (χ3v) is 3.20. The minimum atomic E-state index is -0.279. The van der Waals surface area contributed by atoms with Crippen LogP contribution < -0.4 is 0 Å². The van der Waals surface area contributed by atoms with Crippen LogP contribution >= 0.6 is 0 Å². The molecule has 0 atom stereocenters. The first-order chi connectivity index (χ1) is 10.3. The molecule has 1 heterocycles. The zero-order valence-corrected chi connectivity index (χ0v) is 11.2. The molecule has 0 N–H and O–H groups in total. The fourth-order valence-corrected chi connectivity index (χ4v) is 2.25. The molecule has 0 aliphatic heterocycles. The van der Waals surface area contributed by atoms with Gasteiger partial charge in [-0.15, -0.1) is 0 Å². The van der Waals surface area contributed by atoms with Crippen LogP contribution in [-0.2, 0) is 6.54 Å². The summed E-state index contributed by atoms with van der Waals surface area (Å²) in [5, 5.41) is 4.44. The molecule has 0 aliphatic carbocycles. The number of nitrogens with zero attached hydrogens (tertiary/aromatic N) is 2. The van der Waals surface area contributed by atoms with Crippen LogP contribution in [0.25, 0.3) is 11.3 Å². The summed E-state index contributed by atoms with van der Waals surface area (Å²) in [6.45, 7) is 0.422. The van der Waals surface area contributed by atoms with Crippen LogP contribution in [0.2, 0.25) is 0 Å². The van der Waals surface area contributed by atoms with Crippen molar-refractivity contribution in [3.63, 3.8) is 0 Å². The number of aldehydes is 1. The Balaban J connectivity index is 1.95. The van der Waals surface area contributed by atoms with Gasteiger partial charge in [0.05, 0.1) is 12.1 Å². The van der Waals surface area contributed by atoms with Gasteiger partial charge in [-0.3, -0.25) is 9.48 Å². The highest BCUT2D eigenvalue weighted by molar-refractivity contribution is 5.85. The van der Waals surface area contributed by atoms with E-state index in [9.17, 15) is 9.18 Å². The van der Waals surface area contributed by atoms with Gasteiger partial charge < -0.3 is 0 Å². The molecule has 4 heteroatoms. The van der Waals surface area contributed by atoms with Crippen LogP contribution in [0.1, 0.15) is 15.9 Å². The lowest BCUT2D eigenvalue weighted by Crippen LogP contribution is -2.00. The van der Waals surface area contributed by atoms with E-state index >= 15 is 0 Å². The smallest absolute Gasteiger partial charge is 0.153 e. The van der Waals surface area contributed by atoms with Crippen molar-refractivity contribution in [1.29, 1.82) is 0 Å². The van der Waals surface area contributed by atoms with Crippen molar-refractivity contribution in [2.75, 3.05) is 0 Å². The zero-order valence-electron chi connectivity index (χ0n) is 11.2. The molecule has 0 saturated carbocycles. The molecular formula is C17H13FN2O. The first-order valence-corrected chi connectivity index (χ1v) is 6.59. The maximum atomic E-state index is 13.2. The van der Waals surface area contributed by atoms with E-state index in [0.29, 0.717) is 17.8 Å². The highest BCUT2D eigenvalue weighted by atomic mass is 19.1. The summed E-state index contributed by atoms with van der Waals surface area (Å²) < 4.78 is 14.9. The molecule has 21 heavy (non-hydrogen) atoms. The highest BCUT2D eigenvalue weighted by Crippen LogP contribution is 2.21. The third kappa shape index (κ3) is 2.89. The molecule has 3 nitrogen and oxygen atoms in total. The van der Waals surface area contributed by atoms with E-state index in [1.54, 1.807) is 16.9 Å². The van der Waals surface area contributed by atoms with Gasteiger partial charge in [-0.1, -0.05) is 42.5 Å². The number of aromatic nitrogens is 2. The van der Waals surface area contributed by atoms with Crippen molar-refractivity contribution in [2.24, 2.45) is 0 Å². The maximum Gasteiger partial charge on any atom is 0.153 e. The van der Waals surface area contributed by atoms with E-state index in [4.69, 9.17) is 0 Å². The summed E-state index contributed by atoms with van der Waals surface area (Å²) in [7, 11) is 0. The minimum Gasteiger partial charge on any atom is -0.298 e. The first kappa shape index (κ1) is 13.2. The topological polar surface area (TPSA) is 34.9 Å². The summed E-state index contributed by atoms with van der Waals surface area (Å²) in [4.78, 5) is 11.2. The molecule has 1 aromatic heterocycles. The lowest BCUT2D eigenvalue weighted by atomic mass is 10.1. The van der Waals surface area contributed by atoms with Gasteiger partial charge in [0.25, 0.3) is 0 Å². The molecule has 0 saturated heterocycles. The second kappa shape index (κ2) is 5.71. The van der Waals surface area contributed by atoms with Crippen molar-refractivity contribution in [3.05, 3.63) is 77.7 Å². The van der Waals surface area contributed by atoms with Gasteiger partial charge in [0, 0.05) is 11.8 Å². The van der Waals surface area contributed by atoms with Crippen LogP contribution in [-0.4, -0.2) is 16.1 Å². The average molecular weight is 280 g/mol. The number of benzene rings is 2. The van der Waals surface area contributed by atoms with Crippen LogP contribution in [0.4, 0.5) is 4.39 Å². The fraction of sp³-hybridized carbons (Fsp3) is 0.0588. The second-order valence-electron chi connectivity index (χ2n) is 4.74. The number of halogens is 1. The number of rotatable bonds is 4. The summed E-state index contributed by atoms with van der Waals surface area (Å²) in [6.07, 6.45) is 2.47. The van der Waals surface area contributed by atoms with Gasteiger partial charge >= 0.3 is 0 Å². The normalized spacial score (nSPS) is 10.5. The highest BCUT2D eigenvalue weighted by Gasteiger charge is 2.10. The summed E-state index contributed by atoms with van der Waals surface area (Å²) in [6, 6.07) is 15.9. The van der Waals surface area contributed by atoms with Crippen LogP contribution in [0.15, 0.2) is 60.8 Å². The Kier molecular flexibility index (Phi) is 3.60. The van der Waals surface area contributed by atoms with E-state index in [-0.39, 0.29) is 5.82 Å². The Morgan fingerprint density at radius 3 is 2.62 bits per heavy atom. The fourth-order valence-electron chi connectivity index (χ4n) is 2.25. The molecule has 2 aromatic carbocycles. The number of hydrogen-bond donors (Lipinski definition) is 0. The van der Waals surface area contributed by atoms with E-state index in [2.05, 4.69) is 5.10 Å². The summed E-state index contributed by atoms with van der Waals surface area (Å²) in [5.74, 6) is -0.279. The van der Waals surface area contributed by atoms with E-state index in [1.807, 2.05) is 36.4 Å². The van der Waals surface area contributed by atoms with Gasteiger partial charge in [0.2, 0.25) is 0 Å². The second-order valence-corrected chi connectivity index (χ2v) is 4.74. The standard InChI is InChI=1S/C17H13FN2O/c18-16-8-4-5-13(9-16)10-20-11-15(12-21)17(19-20)14-6-2-1-3-7-14/h1-9,11-12H,10H2. The maximum absolute atomic E-state index is 13.2. The van der Waals surface area contributed by atoms with E-state index in [1.165, 1.54) is 12.1 Å². The molecule has 0 unspecified atom stereocenters. The monoisotopic (exact) mass is 280 g/mol. The number of carbonyl (C=O) groups is 1. The SMILES string of the molecule is O=Cc1cn(Cc2cccc(F)c2)nc1-c1ccccc1. The largest absolute Gasteiger partial charge is 0.298 e. The lowest BCUT2D eigenvalue weighted by Gasteiger charge is -2.02. The molecule has 0 spiro atoms. The molecule has 104 valence electrons. The average Bonchev–Trinajstić information content (AvgIpc) is 2.91. The van der Waals surface area contributed by atoms with Gasteiger partial charge in [0.15, 0.2) is 6.29 Å². The van der Waals surface area contributed by atoms with Gasteiger partial charge in [-0.2, -0.15) is 5.10 Å². The van der Waals surface area contributed by atoms with Crippen molar-refractivity contribution < 1.29 is 9.18 Å². The summed E-state index contributed by atoms with van der Waals surface area (Å²) in [5.41, 5.74) is 2.85. The van der Waals surface area contributed by atoms with Gasteiger partial charge in [-0.05, 0) is 17.7 Å². The number of carbonyl (C=O) groups excluding carboxylic acids is 1. The molecular weight excluding hydrogens is 267 g/mol. The molecule has 3 rings (SSSR count). The van der Waals surface area contributed by atoms with Gasteiger partial charge in [0.1, 0.15) is 11.5 Å². The van der Waals surface area contributed by atoms with Crippen LogP contribution in [0.3, 0.4) is 0 Å². The molecule has 0 aliphatic rings. The molecule has 0 amide bonds. The molecule has 3 aromatic rings. The van der Waals surface area contributed by atoms with Crippen molar-refractivity contribution in [3.8, 4) is 11.3 Å². The number of hydrogen-bond acceptors (Lipinski definition) is 2. The summed E-state index contributed by atoms with van der Waals surface area (Å²) >= 11 is 0. The van der Waals surface area contributed by atoms with Crippen molar-refractivity contribution in [1.82, 2.24) is 9.78 Å². The first-order valence-electron chi connectivity index (χ1n) is 6.59. The molecule has 0 radical (unpaired) electrons. The van der Waals surface area contributed by atoms with Crippen LogP contribution in [0, 0.1) is 5.82 Å². The van der Waals surface area contributed by atoms with Crippen molar-refractivity contribution >= 4 is 6.29 Å². The minimum absolute atomic E-state index is 0.279. The Morgan fingerprint density at radius 2 is 1.90 bits per heavy atom. The Hall–Kier alpha value is -2.75. The van der Waals surface area contributed by atoms with Crippen LogP contribution in [0.5, 0.6) is 0 Å². The predicted octanol–water partition coefficient (Wildman–Crippen LogP) is 3.55. The quantitative estimate of drug-likeness (QED) is 0.685. The van der Waals surface area contributed by atoms with E-state index < -0.39 is 0 Å². The Labute approximate surface area is 121 Å². The Morgan fingerprint density at radius 1 is 1.10 bits per heavy atom. The van der Waals surface area contributed by atoms with Crippen molar-refractivity contribution in [2.45, 2.75) is 6.54 Å². The lowest BCUT2D eigenvalue weighted by molar-refractivity contribution is 0.112. The third-order valence-electron chi connectivity index (χ3n) is 3.20. The molecule has 0 fully saturated rings. The Bertz CT molecular complexity index is 765. The predicted molar refractivity (Wildman–Crippen MR) is 78.6 cm³/mol. The zero-order chi connectivity index (χ0) is 14.7. The van der Waals surface area contributed by atoms with E-state index in [0.717, 1.165) is 17.4 Å². The van der Waals surface area contributed by atoms with Gasteiger partial charge in [-0.25, -0.2) is 4.39 Å².